The number of hydrogen-bond acceptors (Lipinski definition) is 4. The molecule has 1 aliphatic heterocycles. The molecule has 1 aromatic heterocycles. The molecule has 1 aliphatic carbocycles. The quantitative estimate of drug-likeness (QED) is 0.616. The number of carbonyl (C=O) groups is 3. The average molecular weight is 292 g/mol. The number of aromatic nitrogens is 2. The molecule has 1 aromatic rings. The van der Waals surface area contributed by atoms with Crippen LogP contribution in [0.5, 0.6) is 0 Å². The molecular weight excluding hydrogens is 276 g/mol. The number of H-pyrrole nitrogens is 1. The zero-order valence-electron chi connectivity index (χ0n) is 11.3. The molecule has 3 rings (SSSR count). The van der Waals surface area contributed by atoms with E-state index >= 15 is 0 Å². The minimum Gasteiger partial charge on any atom is -0.477 e. The highest BCUT2D eigenvalue weighted by Crippen LogP contribution is 2.40. The van der Waals surface area contributed by atoms with Crippen LogP contribution in [0.3, 0.4) is 0 Å². The molecule has 2 fully saturated rings. The lowest BCUT2D eigenvalue weighted by atomic mass is 9.76. The molecule has 0 spiro atoms. The van der Waals surface area contributed by atoms with Crippen LogP contribution < -0.4 is 10.6 Å². The van der Waals surface area contributed by atoms with Gasteiger partial charge in [0.2, 0.25) is 11.8 Å². The average Bonchev–Trinajstić information content (AvgIpc) is 3.02. The number of amides is 2. The van der Waals surface area contributed by atoms with Gasteiger partial charge in [0.1, 0.15) is 17.6 Å². The van der Waals surface area contributed by atoms with Crippen LogP contribution in [0.15, 0.2) is 6.20 Å². The number of nitrogens with one attached hydrogen (secondary N) is 3. The monoisotopic (exact) mass is 292 g/mol. The highest BCUT2D eigenvalue weighted by atomic mass is 16.4. The number of aromatic amines is 1. The van der Waals surface area contributed by atoms with Crippen molar-refractivity contribution in [2.24, 2.45) is 0 Å². The Morgan fingerprint density at radius 2 is 2.19 bits per heavy atom. The molecule has 21 heavy (non-hydrogen) atoms. The van der Waals surface area contributed by atoms with Crippen LogP contribution in [0.2, 0.25) is 0 Å². The summed E-state index contributed by atoms with van der Waals surface area (Å²) in [5, 5.41) is 14.5. The van der Waals surface area contributed by atoms with Crippen LogP contribution in [-0.2, 0) is 15.1 Å². The Balaban J connectivity index is 1.75. The number of carboxylic acid groups (broad SMARTS) is 1. The van der Waals surface area contributed by atoms with Gasteiger partial charge < -0.3 is 20.7 Å². The summed E-state index contributed by atoms with van der Waals surface area (Å²) in [6.07, 6.45) is 4.42. The fourth-order valence-electron chi connectivity index (χ4n) is 2.76. The summed E-state index contributed by atoms with van der Waals surface area (Å²) in [4.78, 5) is 41.2. The molecule has 4 N–H and O–H groups in total. The molecule has 1 atom stereocenters. The maximum atomic E-state index is 12.2. The Bertz CT molecular complexity index is 605. The number of aromatic carboxylic acids is 1. The van der Waals surface area contributed by atoms with E-state index in [-0.39, 0.29) is 17.5 Å². The van der Waals surface area contributed by atoms with Gasteiger partial charge in [-0.05, 0) is 25.7 Å². The van der Waals surface area contributed by atoms with Crippen molar-refractivity contribution >= 4 is 17.8 Å². The zero-order chi connectivity index (χ0) is 15.0. The lowest BCUT2D eigenvalue weighted by molar-refractivity contribution is -0.128. The van der Waals surface area contributed by atoms with E-state index in [9.17, 15) is 14.4 Å². The van der Waals surface area contributed by atoms with Crippen molar-refractivity contribution < 1.29 is 19.5 Å². The van der Waals surface area contributed by atoms with Gasteiger partial charge in [-0.1, -0.05) is 0 Å². The third-order valence-corrected chi connectivity index (χ3v) is 4.14. The first-order valence-electron chi connectivity index (χ1n) is 6.90. The second-order valence-electron chi connectivity index (χ2n) is 5.53. The Hall–Kier alpha value is -2.38. The van der Waals surface area contributed by atoms with Crippen molar-refractivity contribution in [3.63, 3.8) is 0 Å². The fourth-order valence-corrected chi connectivity index (χ4v) is 2.76. The van der Waals surface area contributed by atoms with Crippen LogP contribution in [0.4, 0.5) is 0 Å². The lowest BCUT2D eigenvalue weighted by Crippen LogP contribution is -2.55. The van der Waals surface area contributed by atoms with Crippen molar-refractivity contribution in [3.05, 3.63) is 17.7 Å². The lowest BCUT2D eigenvalue weighted by Gasteiger charge is -2.41. The number of carboxylic acids is 1. The van der Waals surface area contributed by atoms with Gasteiger partial charge in [-0.15, -0.1) is 0 Å². The summed E-state index contributed by atoms with van der Waals surface area (Å²) in [6, 6.07) is -0.510. The van der Waals surface area contributed by atoms with Crippen LogP contribution in [-0.4, -0.2) is 38.9 Å². The summed E-state index contributed by atoms with van der Waals surface area (Å²) < 4.78 is 0. The Labute approximate surface area is 120 Å². The van der Waals surface area contributed by atoms with Crippen LogP contribution in [0.25, 0.3) is 0 Å². The maximum absolute atomic E-state index is 12.2. The minimum atomic E-state index is -1.09. The van der Waals surface area contributed by atoms with E-state index in [2.05, 4.69) is 20.6 Å². The van der Waals surface area contributed by atoms with E-state index in [4.69, 9.17) is 5.11 Å². The third kappa shape index (κ3) is 2.37. The number of imidazole rings is 1. The molecule has 0 bridgehead atoms. The van der Waals surface area contributed by atoms with Crippen molar-refractivity contribution in [1.82, 2.24) is 20.6 Å². The number of rotatable bonds is 4. The largest absolute Gasteiger partial charge is 0.477 e. The highest BCUT2D eigenvalue weighted by molar-refractivity contribution is 5.91. The maximum Gasteiger partial charge on any atom is 0.353 e. The molecule has 0 unspecified atom stereocenters. The molecular formula is C13H16N4O4. The number of nitrogens with zero attached hydrogens (tertiary/aromatic N) is 1. The second-order valence-corrected chi connectivity index (χ2v) is 5.53. The molecule has 8 nitrogen and oxygen atoms in total. The van der Waals surface area contributed by atoms with Gasteiger partial charge in [-0.25, -0.2) is 9.78 Å². The zero-order valence-corrected chi connectivity index (χ0v) is 11.3. The number of carbonyl (C=O) groups excluding carboxylic acids is 2. The molecule has 2 aliphatic rings. The molecule has 1 saturated heterocycles. The first-order valence-corrected chi connectivity index (χ1v) is 6.90. The van der Waals surface area contributed by atoms with Crippen molar-refractivity contribution in [1.29, 1.82) is 0 Å². The minimum absolute atomic E-state index is 0.000284. The van der Waals surface area contributed by atoms with E-state index in [0.717, 1.165) is 6.42 Å². The standard InChI is InChI=1S/C13H16N4O4/c18-9-3-2-7(15-9)10(19)17-13(4-1-5-13)12-14-6-8(16-12)11(20)21/h6-7H,1-5H2,(H,14,16)(H,15,18)(H,17,19)(H,20,21)/t7-/m0/s1. The van der Waals surface area contributed by atoms with Gasteiger partial charge in [-0.3, -0.25) is 9.59 Å². The highest BCUT2D eigenvalue weighted by Gasteiger charge is 2.44. The molecule has 2 heterocycles. The molecule has 2 amide bonds. The SMILES string of the molecule is O=C1CC[C@@H](C(=O)NC2(c3ncc(C(=O)O)[nH]3)CCC2)N1. The Morgan fingerprint density at radius 3 is 2.67 bits per heavy atom. The summed E-state index contributed by atoms with van der Waals surface area (Å²) in [5.74, 6) is -0.987. The predicted octanol–water partition coefficient (Wildman–Crippen LogP) is -0.118. The normalized spacial score (nSPS) is 23.2. The summed E-state index contributed by atoms with van der Waals surface area (Å²) in [7, 11) is 0. The second kappa shape index (κ2) is 4.87. The Morgan fingerprint density at radius 1 is 1.43 bits per heavy atom. The van der Waals surface area contributed by atoms with Crippen molar-refractivity contribution in [3.8, 4) is 0 Å². The third-order valence-electron chi connectivity index (χ3n) is 4.14. The predicted molar refractivity (Wildman–Crippen MR) is 70.4 cm³/mol. The first kappa shape index (κ1) is 13.6. The van der Waals surface area contributed by atoms with E-state index in [1.165, 1.54) is 6.20 Å². The summed E-state index contributed by atoms with van der Waals surface area (Å²) in [6.45, 7) is 0. The first-order chi connectivity index (χ1) is 10.00. The fraction of sp³-hybridized carbons (Fsp3) is 0.538. The van der Waals surface area contributed by atoms with Crippen LogP contribution in [0, 0.1) is 0 Å². The van der Waals surface area contributed by atoms with Gasteiger partial charge in [0, 0.05) is 6.42 Å². The number of hydrogen-bond donors (Lipinski definition) is 4. The van der Waals surface area contributed by atoms with E-state index in [1.807, 2.05) is 0 Å². The van der Waals surface area contributed by atoms with Crippen molar-refractivity contribution in [2.75, 3.05) is 0 Å². The van der Waals surface area contributed by atoms with Gasteiger partial charge in [-0.2, -0.15) is 0 Å². The molecule has 8 heteroatoms. The van der Waals surface area contributed by atoms with E-state index in [0.29, 0.717) is 31.5 Å². The van der Waals surface area contributed by atoms with Gasteiger partial charge in [0.05, 0.1) is 11.7 Å². The molecule has 1 saturated carbocycles. The van der Waals surface area contributed by atoms with E-state index < -0.39 is 17.6 Å². The van der Waals surface area contributed by atoms with Gasteiger partial charge >= 0.3 is 5.97 Å². The molecule has 0 aromatic carbocycles. The van der Waals surface area contributed by atoms with Gasteiger partial charge in [0.25, 0.3) is 0 Å². The van der Waals surface area contributed by atoms with Crippen molar-refractivity contribution in [2.45, 2.75) is 43.7 Å². The summed E-state index contributed by atoms with van der Waals surface area (Å²) >= 11 is 0. The molecule has 112 valence electrons. The topological polar surface area (TPSA) is 124 Å². The van der Waals surface area contributed by atoms with Gasteiger partial charge in [0.15, 0.2) is 0 Å². The summed E-state index contributed by atoms with van der Waals surface area (Å²) in [5.41, 5.74) is -0.641. The van der Waals surface area contributed by atoms with Crippen LogP contribution in [0.1, 0.15) is 48.4 Å². The Kier molecular flexibility index (Phi) is 3.15. The smallest absolute Gasteiger partial charge is 0.353 e. The van der Waals surface area contributed by atoms with Crippen LogP contribution >= 0.6 is 0 Å². The molecule has 0 radical (unpaired) electrons. The van der Waals surface area contributed by atoms with E-state index in [1.54, 1.807) is 0 Å².